The second-order valence-corrected chi connectivity index (χ2v) is 5.92. The van der Waals surface area contributed by atoms with Gasteiger partial charge in [-0.05, 0) is 31.2 Å². The first-order valence-corrected chi connectivity index (χ1v) is 7.23. The summed E-state index contributed by atoms with van der Waals surface area (Å²) in [5.74, 6) is -0.441. The Hall–Kier alpha value is -1.60. The average Bonchev–Trinajstić information content (AvgIpc) is 2.36. The van der Waals surface area contributed by atoms with Crippen LogP contribution in [0.3, 0.4) is 0 Å². The molecule has 6 nitrogen and oxygen atoms in total. The number of nitrogens with zero attached hydrogens (tertiary/aromatic N) is 1. The van der Waals surface area contributed by atoms with E-state index < -0.39 is 16.0 Å². The Balaban J connectivity index is 2.84. The molecule has 0 heterocycles. The summed E-state index contributed by atoms with van der Waals surface area (Å²) in [5.41, 5.74) is 0. The number of hydrogen-bond acceptors (Lipinski definition) is 4. The van der Waals surface area contributed by atoms with Gasteiger partial charge in [-0.3, -0.25) is 4.79 Å². The van der Waals surface area contributed by atoms with Crippen molar-refractivity contribution in [1.82, 2.24) is 4.31 Å². The van der Waals surface area contributed by atoms with E-state index in [4.69, 9.17) is 9.84 Å². The third-order valence-corrected chi connectivity index (χ3v) is 4.35. The Morgan fingerprint density at radius 2 is 1.89 bits per heavy atom. The molecule has 0 aliphatic heterocycles. The molecule has 0 radical (unpaired) electrons. The molecule has 106 valence electrons. The molecule has 0 saturated heterocycles. The summed E-state index contributed by atoms with van der Waals surface area (Å²) in [6, 6.07) is 6.03. The predicted octanol–water partition coefficient (Wildman–Crippen LogP) is 1.18. The molecule has 1 aromatic carbocycles. The lowest BCUT2D eigenvalue weighted by molar-refractivity contribution is -0.137. The monoisotopic (exact) mass is 287 g/mol. The number of benzene rings is 1. The molecule has 7 heteroatoms. The minimum Gasteiger partial charge on any atom is -0.494 e. The molecule has 0 aromatic heterocycles. The standard InChI is InChI=1S/C12H17NO5S/c1-3-18-10-4-6-11(7-5-10)19(16,17)13(2)9-8-12(14)15/h4-7H,3,8-9H2,1-2H3,(H,14,15). The van der Waals surface area contributed by atoms with Gasteiger partial charge in [0.1, 0.15) is 5.75 Å². The molecule has 1 aromatic rings. The molecular weight excluding hydrogens is 270 g/mol. The van der Waals surface area contributed by atoms with Crippen LogP contribution in [-0.4, -0.2) is 44.0 Å². The SMILES string of the molecule is CCOc1ccc(S(=O)(=O)N(C)CCC(=O)O)cc1. The van der Waals surface area contributed by atoms with Crippen LogP contribution in [0.4, 0.5) is 0 Å². The summed E-state index contributed by atoms with van der Waals surface area (Å²) in [6.07, 6.45) is -0.229. The number of carboxylic acids is 1. The van der Waals surface area contributed by atoms with Gasteiger partial charge in [-0.25, -0.2) is 12.7 Å². The van der Waals surface area contributed by atoms with Crippen molar-refractivity contribution >= 4 is 16.0 Å². The highest BCUT2D eigenvalue weighted by Gasteiger charge is 2.21. The Bertz CT molecular complexity index is 524. The molecule has 0 fully saturated rings. The smallest absolute Gasteiger partial charge is 0.304 e. The van der Waals surface area contributed by atoms with E-state index in [1.165, 1.54) is 19.2 Å². The van der Waals surface area contributed by atoms with Crippen LogP contribution in [0.5, 0.6) is 5.75 Å². The number of rotatable bonds is 7. The van der Waals surface area contributed by atoms with Gasteiger partial charge in [0.05, 0.1) is 17.9 Å². The van der Waals surface area contributed by atoms with Gasteiger partial charge in [-0.1, -0.05) is 0 Å². The Morgan fingerprint density at radius 3 is 2.37 bits per heavy atom. The van der Waals surface area contributed by atoms with Gasteiger partial charge in [0, 0.05) is 13.6 Å². The maximum atomic E-state index is 12.1. The van der Waals surface area contributed by atoms with Crippen molar-refractivity contribution < 1.29 is 23.1 Å². The van der Waals surface area contributed by atoms with Gasteiger partial charge in [0.2, 0.25) is 10.0 Å². The summed E-state index contributed by atoms with van der Waals surface area (Å²) >= 11 is 0. The molecular formula is C12H17NO5S. The maximum Gasteiger partial charge on any atom is 0.304 e. The summed E-state index contributed by atoms with van der Waals surface area (Å²) < 4.78 is 30.5. The van der Waals surface area contributed by atoms with Gasteiger partial charge in [0.15, 0.2) is 0 Å². The highest BCUT2D eigenvalue weighted by Crippen LogP contribution is 2.18. The van der Waals surface area contributed by atoms with Crippen LogP contribution >= 0.6 is 0 Å². The van der Waals surface area contributed by atoms with Crippen LogP contribution in [0.25, 0.3) is 0 Å². The number of sulfonamides is 1. The summed E-state index contributed by atoms with van der Waals surface area (Å²) in [7, 11) is -2.30. The fourth-order valence-electron chi connectivity index (χ4n) is 1.43. The van der Waals surface area contributed by atoms with Gasteiger partial charge < -0.3 is 9.84 Å². The van der Waals surface area contributed by atoms with Crippen LogP contribution in [0, 0.1) is 0 Å². The normalized spacial score (nSPS) is 11.5. The minimum absolute atomic E-state index is 0.0646. The first-order valence-electron chi connectivity index (χ1n) is 5.79. The minimum atomic E-state index is -3.65. The number of carboxylic acid groups (broad SMARTS) is 1. The lowest BCUT2D eigenvalue weighted by atomic mass is 10.3. The Morgan fingerprint density at radius 1 is 1.32 bits per heavy atom. The second-order valence-electron chi connectivity index (χ2n) is 3.87. The van der Waals surface area contributed by atoms with E-state index in [9.17, 15) is 13.2 Å². The Labute approximate surface area is 112 Å². The average molecular weight is 287 g/mol. The lowest BCUT2D eigenvalue weighted by Gasteiger charge is -2.16. The zero-order valence-electron chi connectivity index (χ0n) is 10.9. The van der Waals surface area contributed by atoms with Gasteiger partial charge in [-0.2, -0.15) is 0 Å². The van der Waals surface area contributed by atoms with Crippen LogP contribution in [-0.2, 0) is 14.8 Å². The third-order valence-electron chi connectivity index (χ3n) is 2.48. The van der Waals surface area contributed by atoms with Crippen molar-refractivity contribution in [2.24, 2.45) is 0 Å². The van der Waals surface area contributed by atoms with Gasteiger partial charge in [-0.15, -0.1) is 0 Å². The highest BCUT2D eigenvalue weighted by molar-refractivity contribution is 7.89. The molecule has 19 heavy (non-hydrogen) atoms. The molecule has 0 aliphatic carbocycles. The fraction of sp³-hybridized carbons (Fsp3) is 0.417. The quantitative estimate of drug-likeness (QED) is 0.814. The molecule has 0 spiro atoms. The molecule has 0 atom stereocenters. The molecule has 0 bridgehead atoms. The van der Waals surface area contributed by atoms with E-state index >= 15 is 0 Å². The van der Waals surface area contributed by atoms with E-state index in [0.29, 0.717) is 12.4 Å². The summed E-state index contributed by atoms with van der Waals surface area (Å²) in [4.78, 5) is 10.6. The van der Waals surface area contributed by atoms with E-state index in [0.717, 1.165) is 4.31 Å². The van der Waals surface area contributed by atoms with Crippen molar-refractivity contribution in [2.45, 2.75) is 18.2 Å². The zero-order chi connectivity index (χ0) is 14.5. The molecule has 1 N–H and O–H groups in total. The highest BCUT2D eigenvalue weighted by atomic mass is 32.2. The molecule has 0 aliphatic rings. The van der Waals surface area contributed by atoms with E-state index in [1.54, 1.807) is 12.1 Å². The van der Waals surface area contributed by atoms with E-state index in [1.807, 2.05) is 6.92 Å². The summed E-state index contributed by atoms with van der Waals surface area (Å²) in [6.45, 7) is 2.28. The lowest BCUT2D eigenvalue weighted by Crippen LogP contribution is -2.29. The first-order chi connectivity index (χ1) is 8.87. The second kappa shape index (κ2) is 6.53. The van der Waals surface area contributed by atoms with Crippen molar-refractivity contribution in [3.05, 3.63) is 24.3 Å². The predicted molar refractivity (Wildman–Crippen MR) is 69.7 cm³/mol. The summed E-state index contributed by atoms with van der Waals surface area (Å²) in [5, 5.41) is 8.56. The largest absolute Gasteiger partial charge is 0.494 e. The number of carbonyl (C=O) groups is 1. The van der Waals surface area contributed by atoms with Crippen molar-refractivity contribution in [1.29, 1.82) is 0 Å². The van der Waals surface area contributed by atoms with Crippen molar-refractivity contribution in [3.63, 3.8) is 0 Å². The van der Waals surface area contributed by atoms with Crippen LogP contribution in [0.2, 0.25) is 0 Å². The molecule has 0 saturated carbocycles. The van der Waals surface area contributed by atoms with Gasteiger partial charge >= 0.3 is 5.97 Å². The number of ether oxygens (including phenoxy) is 1. The maximum absolute atomic E-state index is 12.1. The first kappa shape index (κ1) is 15.5. The zero-order valence-corrected chi connectivity index (χ0v) is 11.7. The molecule has 1 rings (SSSR count). The van der Waals surface area contributed by atoms with Crippen LogP contribution in [0.15, 0.2) is 29.2 Å². The van der Waals surface area contributed by atoms with Crippen LogP contribution in [0.1, 0.15) is 13.3 Å². The topological polar surface area (TPSA) is 83.9 Å². The molecule has 0 amide bonds. The van der Waals surface area contributed by atoms with Crippen molar-refractivity contribution in [3.8, 4) is 5.75 Å². The third kappa shape index (κ3) is 4.22. The van der Waals surface area contributed by atoms with Gasteiger partial charge in [0.25, 0.3) is 0 Å². The molecule has 0 unspecified atom stereocenters. The van der Waals surface area contributed by atoms with E-state index in [2.05, 4.69) is 0 Å². The fourth-order valence-corrected chi connectivity index (χ4v) is 2.60. The number of hydrogen-bond donors (Lipinski definition) is 1. The van der Waals surface area contributed by atoms with E-state index in [-0.39, 0.29) is 17.9 Å². The van der Waals surface area contributed by atoms with Crippen LogP contribution < -0.4 is 4.74 Å². The van der Waals surface area contributed by atoms with Crippen molar-refractivity contribution in [2.75, 3.05) is 20.2 Å². The number of aliphatic carboxylic acids is 1. The Kier molecular flexibility index (Phi) is 5.31.